The minimum absolute atomic E-state index is 0.0923. The summed E-state index contributed by atoms with van der Waals surface area (Å²) in [7, 11) is 0. The minimum Gasteiger partial charge on any atom is -0.480 e. The summed E-state index contributed by atoms with van der Waals surface area (Å²) in [6.45, 7) is 2.55. The molecule has 4 aliphatic rings. The first-order valence-electron chi connectivity index (χ1n) is 17.4. The second-order valence-corrected chi connectivity index (χ2v) is 13.3. The average molecular weight is 762 g/mol. The van der Waals surface area contributed by atoms with E-state index < -0.39 is 136 Å². The molecule has 0 saturated carbocycles. The summed E-state index contributed by atoms with van der Waals surface area (Å²) in [5.41, 5.74) is 0. The lowest BCUT2D eigenvalue weighted by Gasteiger charge is -2.48. The summed E-state index contributed by atoms with van der Waals surface area (Å²) >= 11 is 0. The van der Waals surface area contributed by atoms with Crippen molar-refractivity contribution in [3.63, 3.8) is 0 Å². The highest BCUT2D eigenvalue weighted by molar-refractivity contribution is 5.67. The van der Waals surface area contributed by atoms with Crippen molar-refractivity contribution in [2.75, 3.05) is 59.3 Å². The molecule has 4 saturated heterocycles. The first-order chi connectivity index (χ1) is 24.8. The summed E-state index contributed by atoms with van der Waals surface area (Å²) in [5, 5.41) is 105. The van der Waals surface area contributed by atoms with Gasteiger partial charge in [-0.05, 0) is 13.3 Å². The standard InChI is InChI=1S/C31H55NO20/c1-13-17(10-33)49-31(26(43)27(13)51-30-25(42)23(40)21(38)18(11-34)50-30)48-15-3-5-46-16(9-32-4-6-44-7-8-45-12-19(35)36)28(15)52-29-24(41)22(39)20(37)14(2)47-29/h13-18,20-34,37-43H,3-12H2,1-2H3,(H,35,36). The second kappa shape index (κ2) is 20.6. The maximum Gasteiger partial charge on any atom is 0.329 e. The van der Waals surface area contributed by atoms with Gasteiger partial charge in [0.2, 0.25) is 0 Å². The van der Waals surface area contributed by atoms with E-state index >= 15 is 0 Å². The topological polar surface area (TPSA) is 314 Å². The molecule has 0 spiro atoms. The van der Waals surface area contributed by atoms with Crippen LogP contribution in [0.5, 0.6) is 0 Å². The zero-order valence-corrected chi connectivity index (χ0v) is 29.0. The molecule has 0 amide bonds. The molecule has 0 aliphatic carbocycles. The third-order valence-electron chi connectivity index (χ3n) is 9.59. The number of rotatable bonds is 18. The van der Waals surface area contributed by atoms with E-state index in [4.69, 9.17) is 47.7 Å². The highest BCUT2D eigenvalue weighted by atomic mass is 16.8. The van der Waals surface area contributed by atoms with Gasteiger partial charge in [0, 0.05) is 25.6 Å². The second-order valence-electron chi connectivity index (χ2n) is 13.3. The number of carboxylic acid groups (broad SMARTS) is 1. The maximum absolute atomic E-state index is 11.5. The lowest BCUT2D eigenvalue weighted by molar-refractivity contribution is -0.369. The minimum atomic E-state index is -1.76. The van der Waals surface area contributed by atoms with Crippen LogP contribution in [0, 0.1) is 5.92 Å². The first kappa shape index (κ1) is 43.4. The van der Waals surface area contributed by atoms with Gasteiger partial charge in [0.05, 0.1) is 63.6 Å². The predicted molar refractivity (Wildman–Crippen MR) is 168 cm³/mol. The smallest absolute Gasteiger partial charge is 0.329 e. The van der Waals surface area contributed by atoms with Crippen LogP contribution in [0.15, 0.2) is 0 Å². The van der Waals surface area contributed by atoms with Gasteiger partial charge in [0.15, 0.2) is 18.9 Å². The van der Waals surface area contributed by atoms with E-state index in [-0.39, 0.29) is 39.4 Å². The van der Waals surface area contributed by atoms with Crippen molar-refractivity contribution in [1.82, 2.24) is 5.32 Å². The number of carbonyl (C=O) groups is 1. The van der Waals surface area contributed by atoms with Gasteiger partial charge >= 0.3 is 5.97 Å². The zero-order chi connectivity index (χ0) is 38.1. The molecule has 0 radical (unpaired) electrons. The highest BCUT2D eigenvalue weighted by Crippen LogP contribution is 2.35. The number of carboxylic acids is 1. The summed E-state index contributed by atoms with van der Waals surface area (Å²) in [6, 6.07) is 0. The van der Waals surface area contributed by atoms with Crippen molar-refractivity contribution in [3.8, 4) is 0 Å². The van der Waals surface area contributed by atoms with Crippen molar-refractivity contribution < 1.29 is 98.5 Å². The van der Waals surface area contributed by atoms with Gasteiger partial charge in [-0.1, -0.05) is 6.92 Å². The number of nitrogens with one attached hydrogen (secondary N) is 1. The van der Waals surface area contributed by atoms with Crippen molar-refractivity contribution in [2.24, 2.45) is 5.92 Å². The predicted octanol–water partition coefficient (Wildman–Crippen LogP) is -6.02. The molecule has 11 N–H and O–H groups in total. The Morgan fingerprint density at radius 2 is 1.27 bits per heavy atom. The van der Waals surface area contributed by atoms with E-state index in [2.05, 4.69) is 5.32 Å². The molecule has 21 nitrogen and oxygen atoms in total. The molecule has 0 aromatic heterocycles. The summed E-state index contributed by atoms with van der Waals surface area (Å²) in [4.78, 5) is 10.5. The molecule has 304 valence electrons. The molecule has 18 unspecified atom stereocenters. The summed E-state index contributed by atoms with van der Waals surface area (Å²) < 4.78 is 51.8. The van der Waals surface area contributed by atoms with E-state index in [1.807, 2.05) is 0 Å². The van der Waals surface area contributed by atoms with Gasteiger partial charge in [-0.25, -0.2) is 4.79 Å². The lowest BCUT2D eigenvalue weighted by Crippen LogP contribution is -2.64. The van der Waals surface area contributed by atoms with Crippen LogP contribution >= 0.6 is 0 Å². The van der Waals surface area contributed by atoms with Crippen molar-refractivity contribution in [2.45, 2.75) is 125 Å². The Kier molecular flexibility index (Phi) is 17.2. The molecule has 21 heteroatoms. The Morgan fingerprint density at radius 3 is 1.94 bits per heavy atom. The van der Waals surface area contributed by atoms with Gasteiger partial charge < -0.3 is 99.0 Å². The number of hydrogen-bond donors (Lipinski definition) is 11. The molecule has 4 fully saturated rings. The van der Waals surface area contributed by atoms with Gasteiger partial charge in [-0.15, -0.1) is 0 Å². The first-order valence-corrected chi connectivity index (χ1v) is 17.4. The lowest BCUT2D eigenvalue weighted by atomic mass is 9.90. The fraction of sp³-hybridized carbons (Fsp3) is 0.968. The van der Waals surface area contributed by atoms with Gasteiger partial charge in [-0.2, -0.15) is 0 Å². The fourth-order valence-electron chi connectivity index (χ4n) is 6.47. The van der Waals surface area contributed by atoms with E-state index in [9.17, 15) is 50.8 Å². The van der Waals surface area contributed by atoms with Crippen LogP contribution in [-0.2, 0) is 47.4 Å². The highest BCUT2D eigenvalue weighted by Gasteiger charge is 2.52. The van der Waals surface area contributed by atoms with Crippen LogP contribution in [0.2, 0.25) is 0 Å². The molecule has 0 aromatic carbocycles. The molecule has 52 heavy (non-hydrogen) atoms. The molecular formula is C31H55NO20. The van der Waals surface area contributed by atoms with Crippen LogP contribution < -0.4 is 5.32 Å². The third-order valence-corrected chi connectivity index (χ3v) is 9.59. The van der Waals surface area contributed by atoms with Crippen LogP contribution in [0.1, 0.15) is 20.3 Å². The van der Waals surface area contributed by atoms with Gasteiger partial charge in [0.25, 0.3) is 0 Å². The Bertz CT molecular complexity index is 1060. The molecule has 4 rings (SSSR count). The Hall–Kier alpha value is -1.29. The van der Waals surface area contributed by atoms with E-state index in [0.717, 1.165) is 0 Å². The van der Waals surface area contributed by atoms with Crippen molar-refractivity contribution in [1.29, 1.82) is 0 Å². The monoisotopic (exact) mass is 761 g/mol. The van der Waals surface area contributed by atoms with Crippen molar-refractivity contribution in [3.05, 3.63) is 0 Å². The number of aliphatic hydroxyl groups is 9. The Labute approximate surface area is 299 Å². The van der Waals surface area contributed by atoms with E-state index in [1.165, 1.54) is 6.92 Å². The molecule has 0 bridgehead atoms. The van der Waals surface area contributed by atoms with Gasteiger partial charge in [-0.3, -0.25) is 0 Å². The normalized spacial score (nSPS) is 44.4. The molecule has 0 aromatic rings. The van der Waals surface area contributed by atoms with E-state index in [1.54, 1.807) is 6.92 Å². The number of aliphatic carboxylic acids is 1. The van der Waals surface area contributed by atoms with Crippen LogP contribution in [0.25, 0.3) is 0 Å². The number of aliphatic hydroxyl groups excluding tert-OH is 9. The average Bonchev–Trinajstić information content (AvgIpc) is 3.12. The number of hydrogen-bond acceptors (Lipinski definition) is 20. The summed E-state index contributed by atoms with van der Waals surface area (Å²) in [6.07, 6.45) is -22.9. The SMILES string of the molecule is CC1OC(OC2C(CNCCOCCOCC(=O)O)OCCC2OC2OC(CO)C(C)C(OC3OC(CO)C(O)C(O)C3O)C2O)C(O)C(O)C1O. The Balaban J connectivity index is 1.46. The van der Waals surface area contributed by atoms with Gasteiger partial charge in [0.1, 0.15) is 61.5 Å². The molecule has 4 aliphatic heterocycles. The molecule has 18 atom stereocenters. The summed E-state index contributed by atoms with van der Waals surface area (Å²) in [5.74, 6) is -1.81. The van der Waals surface area contributed by atoms with Crippen molar-refractivity contribution >= 4 is 5.97 Å². The Morgan fingerprint density at radius 1 is 0.673 bits per heavy atom. The maximum atomic E-state index is 11.5. The number of ether oxygens (including phenoxy) is 9. The third kappa shape index (κ3) is 10.9. The fourth-order valence-corrected chi connectivity index (χ4v) is 6.47. The van der Waals surface area contributed by atoms with E-state index in [0.29, 0.717) is 6.54 Å². The quantitative estimate of drug-likeness (QED) is 0.0579. The zero-order valence-electron chi connectivity index (χ0n) is 29.0. The van der Waals surface area contributed by atoms with Crippen LogP contribution in [0.3, 0.4) is 0 Å². The molecule has 4 heterocycles. The molecular weight excluding hydrogens is 706 g/mol. The van der Waals surface area contributed by atoms with Crippen LogP contribution in [-0.4, -0.2) is 221 Å². The van der Waals surface area contributed by atoms with Crippen LogP contribution in [0.4, 0.5) is 0 Å². The largest absolute Gasteiger partial charge is 0.480 e.